The van der Waals surface area contributed by atoms with Gasteiger partial charge in [-0.25, -0.2) is 0 Å². The molecular formula is C14H19BO4. The van der Waals surface area contributed by atoms with Crippen LogP contribution in [0.3, 0.4) is 0 Å². The average molecular weight is 262 g/mol. The number of benzene rings is 1. The van der Waals surface area contributed by atoms with Gasteiger partial charge < -0.3 is 15.2 Å². The number of carboxylic acids is 1. The molecule has 19 heavy (non-hydrogen) atoms. The molecule has 0 spiro atoms. The number of hydrogen-bond donors (Lipinski definition) is 3. The summed E-state index contributed by atoms with van der Waals surface area (Å²) in [6.45, 7) is 1.97. The maximum Gasteiger partial charge on any atom is 0.451 e. The van der Waals surface area contributed by atoms with Crippen molar-refractivity contribution in [2.45, 2.75) is 38.4 Å². The van der Waals surface area contributed by atoms with Crippen LogP contribution in [-0.2, 0) is 11.2 Å². The van der Waals surface area contributed by atoms with Gasteiger partial charge in [-0.1, -0.05) is 30.2 Å². The van der Waals surface area contributed by atoms with E-state index in [2.05, 4.69) is 0 Å². The summed E-state index contributed by atoms with van der Waals surface area (Å²) in [4.78, 5) is 11.5. The van der Waals surface area contributed by atoms with Gasteiger partial charge in [-0.3, -0.25) is 4.79 Å². The van der Waals surface area contributed by atoms with Crippen molar-refractivity contribution in [3.05, 3.63) is 34.9 Å². The summed E-state index contributed by atoms with van der Waals surface area (Å²) in [6, 6.07) is 5.99. The molecule has 2 rings (SSSR count). The fourth-order valence-electron chi connectivity index (χ4n) is 3.01. The van der Waals surface area contributed by atoms with Gasteiger partial charge in [0.1, 0.15) is 0 Å². The van der Waals surface area contributed by atoms with E-state index < -0.39 is 19.0 Å². The highest BCUT2D eigenvalue weighted by Crippen LogP contribution is 2.41. The van der Waals surface area contributed by atoms with Crippen molar-refractivity contribution in [1.82, 2.24) is 0 Å². The number of rotatable bonds is 5. The normalized spacial score (nSPS) is 21.2. The fraction of sp³-hybridized carbons (Fsp3) is 0.500. The first-order valence-corrected chi connectivity index (χ1v) is 6.67. The highest BCUT2D eigenvalue weighted by molar-refractivity contribution is 6.40. The van der Waals surface area contributed by atoms with Crippen LogP contribution in [0.4, 0.5) is 0 Å². The van der Waals surface area contributed by atoms with Crippen molar-refractivity contribution in [3.63, 3.8) is 0 Å². The zero-order valence-corrected chi connectivity index (χ0v) is 11.0. The Morgan fingerprint density at radius 3 is 2.79 bits per heavy atom. The van der Waals surface area contributed by atoms with Crippen LogP contribution in [0.25, 0.3) is 0 Å². The number of carbonyl (C=O) groups is 1. The molecule has 1 aromatic carbocycles. The summed E-state index contributed by atoms with van der Waals surface area (Å²) in [5.74, 6) is -1.17. The van der Waals surface area contributed by atoms with Gasteiger partial charge in [0.05, 0.1) is 5.92 Å². The highest BCUT2D eigenvalue weighted by atomic mass is 16.4. The van der Waals surface area contributed by atoms with Gasteiger partial charge in [0.15, 0.2) is 0 Å². The summed E-state index contributed by atoms with van der Waals surface area (Å²) in [6.07, 6.45) is 2.42. The van der Waals surface area contributed by atoms with E-state index in [4.69, 9.17) is 10.0 Å². The number of fused-ring (bicyclic) bond motifs is 1. The molecule has 0 aliphatic heterocycles. The summed E-state index contributed by atoms with van der Waals surface area (Å²) < 4.78 is 0. The largest absolute Gasteiger partial charge is 0.481 e. The average Bonchev–Trinajstić information content (AvgIpc) is 2.65. The number of aryl methyl sites for hydroxylation is 1. The van der Waals surface area contributed by atoms with Gasteiger partial charge in [0.2, 0.25) is 0 Å². The molecule has 1 aliphatic carbocycles. The van der Waals surface area contributed by atoms with Gasteiger partial charge in [-0.15, -0.1) is 0 Å². The summed E-state index contributed by atoms with van der Waals surface area (Å²) in [7, 11) is -1.30. The maximum atomic E-state index is 11.5. The number of hydrogen-bond acceptors (Lipinski definition) is 3. The molecule has 5 heteroatoms. The lowest BCUT2D eigenvalue weighted by Crippen LogP contribution is -2.18. The van der Waals surface area contributed by atoms with Crippen molar-refractivity contribution in [3.8, 4) is 0 Å². The first kappa shape index (κ1) is 14.1. The Kier molecular flexibility index (Phi) is 4.27. The Hall–Kier alpha value is -1.33. The van der Waals surface area contributed by atoms with E-state index in [0.717, 1.165) is 23.1 Å². The fourth-order valence-corrected chi connectivity index (χ4v) is 3.01. The zero-order chi connectivity index (χ0) is 14.0. The molecule has 0 amide bonds. The minimum Gasteiger partial charge on any atom is -0.481 e. The maximum absolute atomic E-state index is 11.5. The molecule has 4 nitrogen and oxygen atoms in total. The number of carboxylic acid groups (broad SMARTS) is 1. The van der Waals surface area contributed by atoms with Crippen molar-refractivity contribution in [1.29, 1.82) is 0 Å². The van der Waals surface area contributed by atoms with Gasteiger partial charge in [0, 0.05) is 0 Å². The van der Waals surface area contributed by atoms with Crippen LogP contribution >= 0.6 is 0 Å². The monoisotopic (exact) mass is 262 g/mol. The van der Waals surface area contributed by atoms with E-state index in [1.807, 2.05) is 25.1 Å². The lowest BCUT2D eigenvalue weighted by molar-refractivity contribution is -0.139. The van der Waals surface area contributed by atoms with Crippen LogP contribution in [0.5, 0.6) is 0 Å². The van der Waals surface area contributed by atoms with E-state index in [1.54, 1.807) is 0 Å². The minimum absolute atomic E-state index is 0.0630. The van der Waals surface area contributed by atoms with E-state index in [1.165, 1.54) is 0 Å². The van der Waals surface area contributed by atoms with E-state index in [-0.39, 0.29) is 5.92 Å². The standard InChI is InChI=1S/C14H19BO4/c1-9-4-5-10-8-11(3-2-6-15(18)19)13(14(16)17)12(10)7-9/h4-5,7,11,13,18-19H,2-3,6,8H2,1H3,(H,16,17). The minimum atomic E-state index is -1.30. The molecule has 0 heterocycles. The second-order valence-corrected chi connectivity index (χ2v) is 5.39. The molecule has 2 unspecified atom stereocenters. The predicted octanol–water partition coefficient (Wildman–Crippen LogP) is 1.59. The Labute approximate surface area is 113 Å². The first-order valence-electron chi connectivity index (χ1n) is 6.67. The lowest BCUT2D eigenvalue weighted by Gasteiger charge is -2.16. The van der Waals surface area contributed by atoms with E-state index >= 15 is 0 Å². The zero-order valence-electron chi connectivity index (χ0n) is 11.0. The molecule has 1 aliphatic rings. The van der Waals surface area contributed by atoms with Gasteiger partial charge >= 0.3 is 13.1 Å². The Balaban J connectivity index is 2.12. The van der Waals surface area contributed by atoms with Crippen LogP contribution in [-0.4, -0.2) is 28.2 Å². The van der Waals surface area contributed by atoms with Gasteiger partial charge in [0.25, 0.3) is 0 Å². The SMILES string of the molecule is Cc1ccc2c(c1)C(C(=O)O)C(CCCB(O)O)C2. The second kappa shape index (κ2) is 5.76. The quantitative estimate of drug-likeness (QED) is 0.704. The van der Waals surface area contributed by atoms with E-state index in [9.17, 15) is 9.90 Å². The molecular weight excluding hydrogens is 243 g/mol. The van der Waals surface area contributed by atoms with Crippen molar-refractivity contribution < 1.29 is 19.9 Å². The van der Waals surface area contributed by atoms with Crippen LogP contribution < -0.4 is 0 Å². The Morgan fingerprint density at radius 2 is 2.16 bits per heavy atom. The third kappa shape index (κ3) is 3.17. The molecule has 1 aromatic rings. The van der Waals surface area contributed by atoms with Crippen molar-refractivity contribution in [2.75, 3.05) is 0 Å². The predicted molar refractivity (Wildman–Crippen MR) is 73.0 cm³/mol. The van der Waals surface area contributed by atoms with Crippen molar-refractivity contribution in [2.24, 2.45) is 5.92 Å². The van der Waals surface area contributed by atoms with Gasteiger partial charge in [-0.05, 0) is 43.1 Å². The molecule has 3 N–H and O–H groups in total. The van der Waals surface area contributed by atoms with Crippen molar-refractivity contribution >= 4 is 13.1 Å². The summed E-state index contributed by atoms with van der Waals surface area (Å²) in [5, 5.41) is 27.1. The summed E-state index contributed by atoms with van der Waals surface area (Å²) >= 11 is 0. The molecule has 0 saturated heterocycles. The first-order chi connectivity index (χ1) is 8.99. The van der Waals surface area contributed by atoms with Crippen LogP contribution in [0.15, 0.2) is 18.2 Å². The second-order valence-electron chi connectivity index (χ2n) is 5.39. The van der Waals surface area contributed by atoms with Gasteiger partial charge in [-0.2, -0.15) is 0 Å². The smallest absolute Gasteiger partial charge is 0.451 e. The lowest BCUT2D eigenvalue weighted by atomic mass is 9.80. The summed E-state index contributed by atoms with van der Waals surface area (Å²) in [5.41, 5.74) is 3.13. The molecule has 2 atom stereocenters. The Bertz CT molecular complexity index is 473. The third-order valence-electron chi connectivity index (χ3n) is 3.89. The van der Waals surface area contributed by atoms with Crippen LogP contribution in [0, 0.1) is 12.8 Å². The highest BCUT2D eigenvalue weighted by Gasteiger charge is 2.37. The molecule has 0 bridgehead atoms. The van der Waals surface area contributed by atoms with Crippen LogP contribution in [0.2, 0.25) is 6.32 Å². The molecule has 0 radical (unpaired) electrons. The molecule has 0 fully saturated rings. The molecule has 0 aromatic heterocycles. The van der Waals surface area contributed by atoms with E-state index in [0.29, 0.717) is 19.2 Å². The third-order valence-corrected chi connectivity index (χ3v) is 3.89. The topological polar surface area (TPSA) is 77.8 Å². The molecule has 102 valence electrons. The number of aliphatic carboxylic acids is 1. The van der Waals surface area contributed by atoms with Crippen LogP contribution in [0.1, 0.15) is 35.4 Å². The Morgan fingerprint density at radius 1 is 1.42 bits per heavy atom. The molecule has 0 saturated carbocycles.